The maximum absolute atomic E-state index is 13.9. The van der Waals surface area contributed by atoms with E-state index in [9.17, 15) is 17.2 Å². The monoisotopic (exact) mass is 311 g/mol. The van der Waals surface area contributed by atoms with Gasteiger partial charge in [-0.3, -0.25) is 4.31 Å². The average molecular weight is 311 g/mol. The highest BCUT2D eigenvalue weighted by Crippen LogP contribution is 2.26. The summed E-state index contributed by atoms with van der Waals surface area (Å²) in [4.78, 5) is 0.0682. The van der Waals surface area contributed by atoms with E-state index >= 15 is 0 Å². The fourth-order valence-electron chi connectivity index (χ4n) is 1.99. The number of hydrogen-bond donors (Lipinski definition) is 0. The third-order valence-corrected chi connectivity index (χ3v) is 4.98. The van der Waals surface area contributed by atoms with E-state index in [-0.39, 0.29) is 17.1 Å². The Bertz CT molecular complexity index is 743. The van der Waals surface area contributed by atoms with Crippen LogP contribution in [0.25, 0.3) is 0 Å². The van der Waals surface area contributed by atoms with Crippen molar-refractivity contribution in [1.82, 2.24) is 0 Å². The van der Waals surface area contributed by atoms with Gasteiger partial charge < -0.3 is 0 Å². The minimum absolute atomic E-state index is 0.0404. The minimum atomic E-state index is -3.89. The van der Waals surface area contributed by atoms with Gasteiger partial charge in [0.15, 0.2) is 0 Å². The predicted molar refractivity (Wildman–Crippen MR) is 77.7 cm³/mol. The maximum atomic E-state index is 13.9. The van der Waals surface area contributed by atoms with Gasteiger partial charge in [-0.25, -0.2) is 17.2 Å². The predicted octanol–water partition coefficient (Wildman–Crippen LogP) is 3.49. The Hall–Kier alpha value is -1.95. The van der Waals surface area contributed by atoms with Crippen molar-refractivity contribution in [3.63, 3.8) is 0 Å². The molecule has 21 heavy (non-hydrogen) atoms. The summed E-state index contributed by atoms with van der Waals surface area (Å²) in [5.74, 6) is -1.66. The largest absolute Gasteiger partial charge is 0.264 e. The molecule has 0 aliphatic carbocycles. The molecule has 0 atom stereocenters. The lowest BCUT2D eigenvalue weighted by Gasteiger charge is -2.23. The Kier molecular flexibility index (Phi) is 4.27. The molecular weight excluding hydrogens is 296 g/mol. The Morgan fingerprint density at radius 2 is 1.67 bits per heavy atom. The van der Waals surface area contributed by atoms with E-state index in [0.717, 1.165) is 22.0 Å². The molecule has 3 nitrogen and oxygen atoms in total. The van der Waals surface area contributed by atoms with Gasteiger partial charge in [0.1, 0.15) is 11.6 Å². The van der Waals surface area contributed by atoms with Crippen molar-refractivity contribution in [3.8, 4) is 0 Å². The molecule has 112 valence electrons. The molecule has 0 saturated carbocycles. The molecule has 0 radical (unpaired) electrons. The number of halogens is 2. The van der Waals surface area contributed by atoms with E-state index in [2.05, 4.69) is 0 Å². The fourth-order valence-corrected chi connectivity index (χ4v) is 3.47. The van der Waals surface area contributed by atoms with Crippen LogP contribution in [0.15, 0.2) is 47.4 Å². The Morgan fingerprint density at radius 3 is 2.19 bits per heavy atom. The molecule has 2 aromatic carbocycles. The van der Waals surface area contributed by atoms with Gasteiger partial charge in [-0.1, -0.05) is 17.7 Å². The van der Waals surface area contributed by atoms with E-state index in [1.165, 1.54) is 12.1 Å². The fraction of sp³-hybridized carbons (Fsp3) is 0.200. The summed E-state index contributed by atoms with van der Waals surface area (Å²) in [5.41, 5.74) is 0.754. The average Bonchev–Trinajstić information content (AvgIpc) is 2.42. The van der Waals surface area contributed by atoms with Gasteiger partial charge >= 0.3 is 0 Å². The van der Waals surface area contributed by atoms with Gasteiger partial charge in [0.05, 0.1) is 10.6 Å². The Labute approximate surface area is 122 Å². The topological polar surface area (TPSA) is 37.4 Å². The van der Waals surface area contributed by atoms with Gasteiger partial charge in [-0.05, 0) is 38.1 Å². The first-order valence-electron chi connectivity index (χ1n) is 6.40. The van der Waals surface area contributed by atoms with Crippen molar-refractivity contribution in [2.75, 3.05) is 10.8 Å². The molecule has 0 saturated heterocycles. The molecule has 0 unspecified atom stereocenters. The van der Waals surface area contributed by atoms with Gasteiger partial charge in [-0.2, -0.15) is 0 Å². The third-order valence-electron chi connectivity index (χ3n) is 3.07. The summed E-state index contributed by atoms with van der Waals surface area (Å²) in [5, 5.41) is 0. The van der Waals surface area contributed by atoms with Crippen LogP contribution in [0.5, 0.6) is 0 Å². The molecule has 0 spiro atoms. The molecule has 2 aromatic rings. The first-order chi connectivity index (χ1) is 9.86. The molecule has 0 amide bonds. The lowest BCUT2D eigenvalue weighted by atomic mass is 10.2. The smallest absolute Gasteiger partial charge is 0.264 e. The zero-order valence-corrected chi connectivity index (χ0v) is 12.5. The van der Waals surface area contributed by atoms with Gasteiger partial charge in [-0.15, -0.1) is 0 Å². The number of benzene rings is 2. The van der Waals surface area contributed by atoms with Crippen molar-refractivity contribution in [2.45, 2.75) is 18.7 Å². The molecule has 0 heterocycles. The van der Waals surface area contributed by atoms with Crippen LogP contribution in [-0.2, 0) is 10.0 Å². The number of aryl methyl sites for hydroxylation is 1. The van der Waals surface area contributed by atoms with E-state index in [1.54, 1.807) is 19.1 Å². The van der Waals surface area contributed by atoms with Crippen LogP contribution in [0.1, 0.15) is 12.5 Å². The zero-order chi connectivity index (χ0) is 15.6. The van der Waals surface area contributed by atoms with Crippen molar-refractivity contribution in [1.29, 1.82) is 0 Å². The van der Waals surface area contributed by atoms with Gasteiger partial charge in [0.2, 0.25) is 0 Å². The molecule has 0 fully saturated rings. The first-order valence-corrected chi connectivity index (χ1v) is 7.84. The van der Waals surface area contributed by atoms with Crippen molar-refractivity contribution < 1.29 is 17.2 Å². The van der Waals surface area contributed by atoms with Crippen LogP contribution in [-0.4, -0.2) is 15.0 Å². The molecule has 0 aromatic heterocycles. The first kappa shape index (κ1) is 15.4. The molecule has 0 bridgehead atoms. The molecule has 0 aliphatic rings. The summed E-state index contributed by atoms with van der Waals surface area (Å²) in [7, 11) is -3.89. The highest BCUT2D eigenvalue weighted by atomic mass is 32.2. The summed E-state index contributed by atoms with van der Waals surface area (Å²) in [6.45, 7) is 3.47. The normalized spacial score (nSPS) is 11.4. The molecule has 6 heteroatoms. The number of nitrogens with zero attached hydrogens (tertiary/aromatic N) is 1. The van der Waals surface area contributed by atoms with E-state index in [1.807, 2.05) is 6.92 Å². The van der Waals surface area contributed by atoms with Crippen molar-refractivity contribution in [3.05, 3.63) is 59.7 Å². The Morgan fingerprint density at radius 1 is 1.05 bits per heavy atom. The van der Waals surface area contributed by atoms with Crippen LogP contribution in [0, 0.1) is 18.6 Å². The summed E-state index contributed by atoms with van der Waals surface area (Å²) in [6, 6.07) is 9.10. The number of anilines is 1. The Balaban J connectivity index is 2.51. The molecule has 2 rings (SSSR count). The molecular formula is C15H15F2NO2S. The van der Waals surface area contributed by atoms with Gasteiger partial charge in [0, 0.05) is 12.6 Å². The second-order valence-electron chi connectivity index (χ2n) is 4.58. The van der Waals surface area contributed by atoms with E-state index in [4.69, 9.17) is 0 Å². The van der Waals surface area contributed by atoms with Gasteiger partial charge in [0.25, 0.3) is 10.0 Å². The quantitative estimate of drug-likeness (QED) is 0.867. The van der Waals surface area contributed by atoms with Crippen LogP contribution < -0.4 is 4.31 Å². The SMILES string of the molecule is CCN(c1ccc(F)cc1F)S(=O)(=O)c1ccc(C)cc1. The van der Waals surface area contributed by atoms with E-state index < -0.39 is 21.7 Å². The highest BCUT2D eigenvalue weighted by molar-refractivity contribution is 7.92. The summed E-state index contributed by atoms with van der Waals surface area (Å²) < 4.78 is 52.9. The summed E-state index contributed by atoms with van der Waals surface area (Å²) in [6.07, 6.45) is 0. The summed E-state index contributed by atoms with van der Waals surface area (Å²) >= 11 is 0. The lowest BCUT2D eigenvalue weighted by Crippen LogP contribution is -2.31. The number of sulfonamides is 1. The third kappa shape index (κ3) is 3.05. The highest BCUT2D eigenvalue weighted by Gasteiger charge is 2.25. The second kappa shape index (κ2) is 5.81. The number of hydrogen-bond acceptors (Lipinski definition) is 2. The minimum Gasteiger partial charge on any atom is -0.264 e. The number of rotatable bonds is 4. The van der Waals surface area contributed by atoms with E-state index in [0.29, 0.717) is 6.07 Å². The van der Waals surface area contributed by atoms with Crippen LogP contribution in [0.4, 0.5) is 14.5 Å². The van der Waals surface area contributed by atoms with Crippen molar-refractivity contribution in [2.24, 2.45) is 0 Å². The van der Waals surface area contributed by atoms with Crippen LogP contribution in [0.2, 0.25) is 0 Å². The lowest BCUT2D eigenvalue weighted by molar-refractivity contribution is 0.574. The maximum Gasteiger partial charge on any atom is 0.264 e. The van der Waals surface area contributed by atoms with Crippen molar-refractivity contribution >= 4 is 15.7 Å². The van der Waals surface area contributed by atoms with Crippen LogP contribution >= 0.6 is 0 Å². The van der Waals surface area contributed by atoms with Crippen LogP contribution in [0.3, 0.4) is 0 Å². The zero-order valence-electron chi connectivity index (χ0n) is 11.7. The molecule has 0 aliphatic heterocycles. The standard InChI is InChI=1S/C15H15F2NO2S/c1-3-18(15-9-6-12(16)10-14(15)17)21(19,20)13-7-4-11(2)5-8-13/h4-10H,3H2,1-2H3. The molecule has 0 N–H and O–H groups in total. The second-order valence-corrected chi connectivity index (χ2v) is 6.44.